The summed E-state index contributed by atoms with van der Waals surface area (Å²) in [5, 5.41) is 2.66. The average Bonchev–Trinajstić information content (AvgIpc) is 3.09. The third kappa shape index (κ3) is 3.87. The Hall–Kier alpha value is -2.27. The molecule has 1 amide bonds. The molecule has 1 aliphatic carbocycles. The van der Waals surface area contributed by atoms with Gasteiger partial charge in [0.25, 0.3) is 0 Å². The number of carbonyl (C=O) groups excluding carboxylic acids is 2. The number of hydrogen-bond acceptors (Lipinski definition) is 4. The fourth-order valence-corrected chi connectivity index (χ4v) is 4.14. The number of ketones is 1. The predicted molar refractivity (Wildman–Crippen MR) is 102 cm³/mol. The molecule has 3 rings (SSSR count). The van der Waals surface area contributed by atoms with Crippen LogP contribution in [0.2, 0.25) is 0 Å². The first-order valence-corrected chi connectivity index (χ1v) is 9.43. The number of hydrogen-bond donors (Lipinski definition) is 0. The molecule has 0 aliphatic heterocycles. The van der Waals surface area contributed by atoms with E-state index in [1.807, 2.05) is 42.6 Å². The van der Waals surface area contributed by atoms with E-state index in [1.165, 1.54) is 11.3 Å². The van der Waals surface area contributed by atoms with E-state index < -0.39 is 0 Å². The Morgan fingerprint density at radius 1 is 1.40 bits per heavy atom. The van der Waals surface area contributed by atoms with Crippen molar-refractivity contribution in [3.8, 4) is 11.3 Å². The fraction of sp³-hybridized carbons (Fsp3) is 0.350. The Balaban J connectivity index is 1.84. The molecule has 0 radical (unpaired) electrons. The largest absolute Gasteiger partial charge is 0.300 e. The molecule has 2 aromatic rings. The number of thiazole rings is 1. The van der Waals surface area contributed by atoms with Crippen molar-refractivity contribution in [2.75, 3.05) is 11.4 Å². The van der Waals surface area contributed by atoms with Crippen LogP contribution in [0.3, 0.4) is 0 Å². The van der Waals surface area contributed by atoms with Crippen molar-refractivity contribution in [2.45, 2.75) is 26.2 Å². The van der Waals surface area contributed by atoms with Crippen LogP contribution in [-0.2, 0) is 9.59 Å². The van der Waals surface area contributed by atoms with Gasteiger partial charge in [-0.1, -0.05) is 43.3 Å². The first-order chi connectivity index (χ1) is 12.1. The van der Waals surface area contributed by atoms with E-state index in [-0.39, 0.29) is 23.5 Å². The summed E-state index contributed by atoms with van der Waals surface area (Å²) in [6, 6.07) is 9.93. The van der Waals surface area contributed by atoms with Gasteiger partial charge in [0.1, 0.15) is 5.78 Å². The smallest absolute Gasteiger partial charge is 0.232 e. The molecule has 2 atom stereocenters. The van der Waals surface area contributed by atoms with Crippen LogP contribution in [0.5, 0.6) is 0 Å². The first-order valence-electron chi connectivity index (χ1n) is 8.55. The van der Waals surface area contributed by atoms with Gasteiger partial charge in [-0.05, 0) is 12.3 Å². The van der Waals surface area contributed by atoms with Crippen molar-refractivity contribution >= 4 is 28.2 Å². The third-order valence-electron chi connectivity index (χ3n) is 4.66. The SMILES string of the molecule is C=CCN(C(=O)[C@@H]1CCC(=O)C[C@@H]1C)c1nc(-c2ccccc2)cs1. The molecule has 0 spiro atoms. The normalized spacial score (nSPS) is 20.3. The van der Waals surface area contributed by atoms with Crippen LogP contribution in [0.15, 0.2) is 48.4 Å². The lowest BCUT2D eigenvalue weighted by Crippen LogP contribution is -2.41. The minimum atomic E-state index is -0.123. The van der Waals surface area contributed by atoms with Gasteiger partial charge in [-0.25, -0.2) is 4.98 Å². The van der Waals surface area contributed by atoms with Crippen molar-refractivity contribution < 1.29 is 9.59 Å². The molecule has 1 fully saturated rings. The number of Topliss-reactive ketones (excluding diaryl/α,β-unsaturated/α-hetero) is 1. The number of rotatable bonds is 5. The van der Waals surface area contributed by atoms with Crippen LogP contribution in [0.25, 0.3) is 11.3 Å². The van der Waals surface area contributed by atoms with Gasteiger partial charge in [0.05, 0.1) is 5.69 Å². The molecular formula is C20H22N2O2S. The van der Waals surface area contributed by atoms with E-state index in [1.54, 1.807) is 11.0 Å². The van der Waals surface area contributed by atoms with Crippen LogP contribution in [0.1, 0.15) is 26.2 Å². The highest BCUT2D eigenvalue weighted by molar-refractivity contribution is 7.14. The van der Waals surface area contributed by atoms with Crippen molar-refractivity contribution in [1.82, 2.24) is 4.98 Å². The molecule has 1 aromatic heterocycles. The lowest BCUT2D eigenvalue weighted by Gasteiger charge is -2.31. The van der Waals surface area contributed by atoms with Crippen LogP contribution < -0.4 is 4.90 Å². The summed E-state index contributed by atoms with van der Waals surface area (Å²) in [6.45, 7) is 6.20. The second-order valence-corrected chi connectivity index (χ2v) is 7.32. The summed E-state index contributed by atoms with van der Waals surface area (Å²) in [5.41, 5.74) is 1.90. The Morgan fingerprint density at radius 2 is 2.16 bits per heavy atom. The summed E-state index contributed by atoms with van der Waals surface area (Å²) in [5.74, 6) is 0.262. The standard InChI is InChI=1S/C20H22N2O2S/c1-3-11-22(19(24)17-10-9-16(23)12-14(17)2)20-21-18(13-25-20)15-7-5-4-6-8-15/h3-8,13-14,17H,1,9-12H2,2H3/t14-,17+/m0/s1. The van der Waals surface area contributed by atoms with Crippen molar-refractivity contribution in [3.63, 3.8) is 0 Å². The van der Waals surface area contributed by atoms with Gasteiger partial charge in [-0.15, -0.1) is 17.9 Å². The number of nitrogens with zero attached hydrogens (tertiary/aromatic N) is 2. The van der Waals surface area contributed by atoms with E-state index in [4.69, 9.17) is 0 Å². The Kier molecular flexibility index (Phi) is 5.43. The molecule has 4 nitrogen and oxygen atoms in total. The second kappa shape index (κ2) is 7.74. The predicted octanol–water partition coefficient (Wildman–Crippen LogP) is 4.33. The second-order valence-electron chi connectivity index (χ2n) is 6.48. The molecule has 1 aromatic carbocycles. The lowest BCUT2D eigenvalue weighted by molar-refractivity contribution is -0.129. The molecule has 5 heteroatoms. The quantitative estimate of drug-likeness (QED) is 0.751. The van der Waals surface area contributed by atoms with Crippen LogP contribution in [0, 0.1) is 11.8 Å². The zero-order valence-electron chi connectivity index (χ0n) is 14.4. The van der Waals surface area contributed by atoms with Gasteiger partial charge in [0.2, 0.25) is 5.91 Å². The molecule has 0 unspecified atom stereocenters. The summed E-state index contributed by atoms with van der Waals surface area (Å²) < 4.78 is 0. The minimum Gasteiger partial charge on any atom is -0.300 e. The van der Waals surface area contributed by atoms with Gasteiger partial charge in [0.15, 0.2) is 5.13 Å². The Bertz CT molecular complexity index is 769. The number of aromatic nitrogens is 1. The van der Waals surface area contributed by atoms with E-state index in [9.17, 15) is 9.59 Å². The summed E-state index contributed by atoms with van der Waals surface area (Å²) >= 11 is 1.47. The maximum absolute atomic E-state index is 13.1. The number of carbonyl (C=O) groups is 2. The van der Waals surface area contributed by atoms with Gasteiger partial charge in [0, 0.05) is 36.2 Å². The van der Waals surface area contributed by atoms with Gasteiger partial charge in [-0.3, -0.25) is 14.5 Å². The van der Waals surface area contributed by atoms with Crippen molar-refractivity contribution in [2.24, 2.45) is 11.8 Å². The van der Waals surface area contributed by atoms with E-state index in [0.29, 0.717) is 30.9 Å². The molecule has 1 heterocycles. The summed E-state index contributed by atoms with van der Waals surface area (Å²) in [4.78, 5) is 31.1. The Labute approximate surface area is 152 Å². The lowest BCUT2D eigenvalue weighted by atomic mass is 9.79. The third-order valence-corrected chi connectivity index (χ3v) is 5.52. The zero-order valence-corrected chi connectivity index (χ0v) is 15.2. The number of anilines is 1. The highest BCUT2D eigenvalue weighted by atomic mass is 32.1. The van der Waals surface area contributed by atoms with E-state index in [2.05, 4.69) is 11.6 Å². The van der Waals surface area contributed by atoms with E-state index in [0.717, 1.165) is 11.3 Å². The molecule has 130 valence electrons. The van der Waals surface area contributed by atoms with Crippen LogP contribution in [-0.4, -0.2) is 23.2 Å². The highest BCUT2D eigenvalue weighted by Gasteiger charge is 2.35. The van der Waals surface area contributed by atoms with Crippen molar-refractivity contribution in [1.29, 1.82) is 0 Å². The maximum atomic E-state index is 13.1. The van der Waals surface area contributed by atoms with E-state index >= 15 is 0 Å². The van der Waals surface area contributed by atoms with Crippen LogP contribution >= 0.6 is 11.3 Å². The first kappa shape index (κ1) is 17.5. The Morgan fingerprint density at radius 3 is 2.84 bits per heavy atom. The van der Waals surface area contributed by atoms with Gasteiger partial charge >= 0.3 is 0 Å². The summed E-state index contributed by atoms with van der Waals surface area (Å²) in [6.07, 6.45) is 3.34. The van der Waals surface area contributed by atoms with Gasteiger partial charge in [-0.2, -0.15) is 0 Å². The van der Waals surface area contributed by atoms with Crippen molar-refractivity contribution in [3.05, 3.63) is 48.4 Å². The molecular weight excluding hydrogens is 332 g/mol. The number of amides is 1. The topological polar surface area (TPSA) is 50.3 Å². The molecule has 1 aliphatic rings. The monoisotopic (exact) mass is 354 g/mol. The molecule has 0 N–H and O–H groups in total. The fourth-order valence-electron chi connectivity index (χ4n) is 3.29. The molecule has 1 saturated carbocycles. The zero-order chi connectivity index (χ0) is 17.8. The van der Waals surface area contributed by atoms with Crippen LogP contribution in [0.4, 0.5) is 5.13 Å². The molecule has 0 saturated heterocycles. The molecule has 0 bridgehead atoms. The maximum Gasteiger partial charge on any atom is 0.232 e. The molecule has 25 heavy (non-hydrogen) atoms. The summed E-state index contributed by atoms with van der Waals surface area (Å²) in [7, 11) is 0. The average molecular weight is 354 g/mol. The van der Waals surface area contributed by atoms with Gasteiger partial charge < -0.3 is 0 Å². The highest BCUT2D eigenvalue weighted by Crippen LogP contribution is 2.33. The minimum absolute atomic E-state index is 0.0499. The number of benzene rings is 1.